The molecule has 0 bridgehead atoms. The number of hydrogen-bond donors (Lipinski definition) is 3. The first kappa shape index (κ1) is 13.5. The van der Waals surface area contributed by atoms with Gasteiger partial charge in [-0.2, -0.15) is 0 Å². The Hall–Kier alpha value is -0.550. The average molecular weight is 241 g/mol. The highest BCUT2D eigenvalue weighted by Gasteiger charge is 2.20. The SMILES string of the molecule is CSc1ccc(CNC(C)(CO)CO)cc1. The fourth-order valence-electron chi connectivity index (χ4n) is 1.22. The molecule has 1 aromatic rings. The smallest absolute Gasteiger partial charge is 0.0633 e. The van der Waals surface area contributed by atoms with Gasteiger partial charge in [0.15, 0.2) is 0 Å². The van der Waals surface area contributed by atoms with Gasteiger partial charge in [0.05, 0.1) is 18.8 Å². The van der Waals surface area contributed by atoms with Gasteiger partial charge in [0, 0.05) is 11.4 Å². The molecule has 0 unspecified atom stereocenters. The van der Waals surface area contributed by atoms with Crippen LogP contribution in [0.15, 0.2) is 29.2 Å². The number of rotatable bonds is 6. The number of hydrogen-bond acceptors (Lipinski definition) is 4. The van der Waals surface area contributed by atoms with Crippen molar-refractivity contribution in [2.24, 2.45) is 0 Å². The number of nitrogens with one attached hydrogen (secondary N) is 1. The zero-order chi connectivity index (χ0) is 12.0. The molecule has 0 aliphatic carbocycles. The van der Waals surface area contributed by atoms with Crippen LogP contribution >= 0.6 is 11.8 Å². The summed E-state index contributed by atoms with van der Waals surface area (Å²) in [6, 6.07) is 8.23. The summed E-state index contributed by atoms with van der Waals surface area (Å²) in [6.45, 7) is 2.29. The van der Waals surface area contributed by atoms with Crippen LogP contribution in [0, 0.1) is 0 Å². The fourth-order valence-corrected chi connectivity index (χ4v) is 1.63. The lowest BCUT2D eigenvalue weighted by Gasteiger charge is -2.26. The van der Waals surface area contributed by atoms with Crippen LogP contribution in [0.3, 0.4) is 0 Å². The number of aliphatic hydroxyl groups is 2. The summed E-state index contributed by atoms with van der Waals surface area (Å²) in [7, 11) is 0. The van der Waals surface area contributed by atoms with Gasteiger partial charge in [0.2, 0.25) is 0 Å². The molecule has 3 nitrogen and oxygen atoms in total. The highest BCUT2D eigenvalue weighted by atomic mass is 32.2. The van der Waals surface area contributed by atoms with Crippen molar-refractivity contribution < 1.29 is 10.2 Å². The van der Waals surface area contributed by atoms with Crippen LogP contribution in [-0.2, 0) is 6.54 Å². The summed E-state index contributed by atoms with van der Waals surface area (Å²) >= 11 is 1.71. The highest BCUT2D eigenvalue weighted by molar-refractivity contribution is 7.98. The van der Waals surface area contributed by atoms with E-state index in [0.29, 0.717) is 6.54 Å². The van der Waals surface area contributed by atoms with E-state index in [0.717, 1.165) is 5.56 Å². The molecular formula is C12H19NO2S. The lowest BCUT2D eigenvalue weighted by atomic mass is 10.0. The van der Waals surface area contributed by atoms with Crippen molar-refractivity contribution in [1.82, 2.24) is 5.32 Å². The Morgan fingerprint density at radius 1 is 1.19 bits per heavy atom. The number of aliphatic hydroxyl groups excluding tert-OH is 2. The summed E-state index contributed by atoms with van der Waals surface area (Å²) in [5.74, 6) is 0. The van der Waals surface area contributed by atoms with E-state index in [-0.39, 0.29) is 13.2 Å². The molecule has 0 spiro atoms. The zero-order valence-corrected chi connectivity index (χ0v) is 10.5. The summed E-state index contributed by atoms with van der Waals surface area (Å²) in [6.07, 6.45) is 2.04. The van der Waals surface area contributed by atoms with Crippen molar-refractivity contribution in [2.75, 3.05) is 19.5 Å². The van der Waals surface area contributed by atoms with E-state index in [1.807, 2.05) is 18.4 Å². The molecule has 0 aromatic heterocycles. The quantitative estimate of drug-likeness (QED) is 0.656. The van der Waals surface area contributed by atoms with Crippen molar-refractivity contribution in [3.8, 4) is 0 Å². The summed E-state index contributed by atoms with van der Waals surface area (Å²) < 4.78 is 0. The molecule has 1 rings (SSSR count). The Kier molecular flexibility index (Phi) is 5.28. The second-order valence-corrected chi connectivity index (χ2v) is 4.96. The van der Waals surface area contributed by atoms with E-state index in [4.69, 9.17) is 10.2 Å². The Balaban J connectivity index is 2.54. The van der Waals surface area contributed by atoms with Crippen molar-refractivity contribution in [3.05, 3.63) is 29.8 Å². The molecule has 90 valence electrons. The van der Waals surface area contributed by atoms with Crippen molar-refractivity contribution >= 4 is 11.8 Å². The van der Waals surface area contributed by atoms with Crippen LogP contribution in [0.5, 0.6) is 0 Å². The minimum atomic E-state index is -0.613. The largest absolute Gasteiger partial charge is 0.394 e. The monoisotopic (exact) mass is 241 g/mol. The van der Waals surface area contributed by atoms with Gasteiger partial charge in [-0.3, -0.25) is 0 Å². The number of thioether (sulfide) groups is 1. The maximum Gasteiger partial charge on any atom is 0.0633 e. The van der Waals surface area contributed by atoms with E-state index < -0.39 is 5.54 Å². The molecule has 0 heterocycles. The molecule has 4 heteroatoms. The third kappa shape index (κ3) is 3.79. The molecule has 0 aliphatic rings. The predicted molar refractivity (Wildman–Crippen MR) is 67.6 cm³/mol. The van der Waals surface area contributed by atoms with Crippen LogP contribution in [0.1, 0.15) is 12.5 Å². The Bertz CT molecular complexity index is 309. The Labute approximate surface area is 101 Å². The Morgan fingerprint density at radius 3 is 2.19 bits per heavy atom. The maximum absolute atomic E-state index is 9.12. The van der Waals surface area contributed by atoms with Gasteiger partial charge in [-0.25, -0.2) is 0 Å². The summed E-state index contributed by atoms with van der Waals surface area (Å²) in [5, 5.41) is 21.4. The molecule has 0 saturated heterocycles. The summed E-state index contributed by atoms with van der Waals surface area (Å²) in [5.41, 5.74) is 0.531. The zero-order valence-electron chi connectivity index (χ0n) is 9.73. The average Bonchev–Trinajstić information content (AvgIpc) is 2.36. The molecule has 0 saturated carbocycles. The Morgan fingerprint density at radius 2 is 1.75 bits per heavy atom. The van der Waals surface area contributed by atoms with E-state index >= 15 is 0 Å². The van der Waals surface area contributed by atoms with Gasteiger partial charge in [0.1, 0.15) is 0 Å². The molecule has 0 atom stereocenters. The van der Waals surface area contributed by atoms with Gasteiger partial charge in [-0.15, -0.1) is 11.8 Å². The number of benzene rings is 1. The molecule has 16 heavy (non-hydrogen) atoms. The molecule has 0 radical (unpaired) electrons. The standard InChI is InChI=1S/C12H19NO2S/c1-12(8-14,9-15)13-7-10-3-5-11(16-2)6-4-10/h3-6,13-15H,7-9H2,1-2H3. The third-order valence-electron chi connectivity index (χ3n) is 2.58. The molecule has 0 fully saturated rings. The second-order valence-electron chi connectivity index (χ2n) is 4.08. The van der Waals surface area contributed by atoms with Gasteiger partial charge in [-0.1, -0.05) is 12.1 Å². The highest BCUT2D eigenvalue weighted by Crippen LogP contribution is 2.15. The topological polar surface area (TPSA) is 52.5 Å². The van der Waals surface area contributed by atoms with Gasteiger partial charge >= 0.3 is 0 Å². The normalized spacial score (nSPS) is 11.8. The first-order chi connectivity index (χ1) is 7.63. The first-order valence-corrected chi connectivity index (χ1v) is 6.46. The molecular weight excluding hydrogens is 222 g/mol. The first-order valence-electron chi connectivity index (χ1n) is 5.23. The fraction of sp³-hybridized carbons (Fsp3) is 0.500. The summed E-state index contributed by atoms with van der Waals surface area (Å²) in [4.78, 5) is 1.23. The van der Waals surface area contributed by atoms with E-state index in [1.54, 1.807) is 18.7 Å². The van der Waals surface area contributed by atoms with Crippen LogP contribution in [0.2, 0.25) is 0 Å². The minimum absolute atomic E-state index is 0.0770. The molecule has 0 amide bonds. The van der Waals surface area contributed by atoms with Crippen molar-refractivity contribution in [1.29, 1.82) is 0 Å². The molecule has 0 aliphatic heterocycles. The maximum atomic E-state index is 9.12. The van der Waals surface area contributed by atoms with E-state index in [1.165, 1.54) is 4.90 Å². The predicted octanol–water partition coefficient (Wildman–Crippen LogP) is 1.24. The minimum Gasteiger partial charge on any atom is -0.394 e. The van der Waals surface area contributed by atoms with Crippen molar-refractivity contribution in [2.45, 2.75) is 23.9 Å². The molecule has 1 aromatic carbocycles. The van der Waals surface area contributed by atoms with E-state index in [2.05, 4.69) is 17.4 Å². The van der Waals surface area contributed by atoms with Crippen LogP contribution < -0.4 is 5.32 Å². The van der Waals surface area contributed by atoms with Gasteiger partial charge in [-0.05, 0) is 30.9 Å². The van der Waals surface area contributed by atoms with E-state index in [9.17, 15) is 0 Å². The third-order valence-corrected chi connectivity index (χ3v) is 3.32. The van der Waals surface area contributed by atoms with Crippen LogP contribution in [-0.4, -0.2) is 35.2 Å². The molecule has 3 N–H and O–H groups in total. The van der Waals surface area contributed by atoms with Gasteiger partial charge < -0.3 is 15.5 Å². The van der Waals surface area contributed by atoms with Crippen molar-refractivity contribution in [3.63, 3.8) is 0 Å². The van der Waals surface area contributed by atoms with Gasteiger partial charge in [0.25, 0.3) is 0 Å². The lowest BCUT2D eigenvalue weighted by molar-refractivity contribution is 0.103. The lowest BCUT2D eigenvalue weighted by Crippen LogP contribution is -2.48. The van der Waals surface area contributed by atoms with Crippen LogP contribution in [0.4, 0.5) is 0 Å². The van der Waals surface area contributed by atoms with Crippen LogP contribution in [0.25, 0.3) is 0 Å². The second kappa shape index (κ2) is 6.25.